The summed E-state index contributed by atoms with van der Waals surface area (Å²) >= 11 is 0. The lowest BCUT2D eigenvalue weighted by Crippen LogP contribution is -2.28. The predicted octanol–water partition coefficient (Wildman–Crippen LogP) is 8.09. The van der Waals surface area contributed by atoms with Gasteiger partial charge in [-0.25, -0.2) is 4.79 Å². The van der Waals surface area contributed by atoms with Gasteiger partial charge in [-0.15, -0.1) is 0 Å². The van der Waals surface area contributed by atoms with Crippen molar-refractivity contribution < 1.29 is 9.53 Å². The third kappa shape index (κ3) is 6.58. The van der Waals surface area contributed by atoms with Crippen LogP contribution in [0.5, 0.6) is 0 Å². The van der Waals surface area contributed by atoms with Gasteiger partial charge in [-0.3, -0.25) is 0 Å². The first-order valence-corrected chi connectivity index (χ1v) is 11.9. The molecule has 0 heterocycles. The molecule has 0 aliphatic heterocycles. The maximum atomic E-state index is 11.5. The molecule has 0 aliphatic rings. The van der Waals surface area contributed by atoms with Crippen LogP contribution in [-0.2, 0) is 20.4 Å². The van der Waals surface area contributed by atoms with Crippen LogP contribution in [-0.4, -0.2) is 11.6 Å². The smallest absolute Gasteiger partial charge is 0.330 e. The van der Waals surface area contributed by atoms with Crippen molar-refractivity contribution in [2.45, 2.75) is 97.0 Å². The molecule has 2 rings (SSSR count). The second kappa shape index (κ2) is 10.1. The van der Waals surface area contributed by atoms with Gasteiger partial charge in [0.2, 0.25) is 0 Å². The number of benzene rings is 2. The molecule has 174 valence electrons. The maximum Gasteiger partial charge on any atom is 0.330 e. The van der Waals surface area contributed by atoms with Crippen LogP contribution in [0.25, 0.3) is 0 Å². The van der Waals surface area contributed by atoms with Gasteiger partial charge in [-0.05, 0) is 66.7 Å². The van der Waals surface area contributed by atoms with Crippen LogP contribution in [0, 0.1) is 0 Å². The van der Waals surface area contributed by atoms with Gasteiger partial charge in [-0.1, -0.05) is 96.7 Å². The molecule has 32 heavy (non-hydrogen) atoms. The molecule has 0 saturated heterocycles. The molecule has 2 aromatic rings. The van der Waals surface area contributed by atoms with Crippen molar-refractivity contribution in [2.24, 2.45) is 0 Å². The Morgan fingerprint density at radius 3 is 1.78 bits per heavy atom. The Balaban J connectivity index is 2.07. The zero-order valence-electron chi connectivity index (χ0n) is 21.4. The molecule has 2 heteroatoms. The second-order valence-electron chi connectivity index (χ2n) is 11.1. The number of hydrogen-bond donors (Lipinski definition) is 0. The zero-order chi connectivity index (χ0) is 24.2. The van der Waals surface area contributed by atoms with Crippen LogP contribution in [0.3, 0.4) is 0 Å². The summed E-state index contributed by atoms with van der Waals surface area (Å²) < 4.78 is 5.47. The second-order valence-corrected chi connectivity index (χ2v) is 11.1. The predicted molar refractivity (Wildman–Crippen MR) is 136 cm³/mol. The molecule has 0 saturated carbocycles. The van der Waals surface area contributed by atoms with Gasteiger partial charge in [0.15, 0.2) is 0 Å². The molecule has 0 spiro atoms. The van der Waals surface area contributed by atoms with E-state index in [9.17, 15) is 4.79 Å². The van der Waals surface area contributed by atoms with Crippen LogP contribution in [0.1, 0.15) is 103 Å². The third-order valence-electron chi connectivity index (χ3n) is 6.81. The quantitative estimate of drug-likeness (QED) is 0.279. The summed E-state index contributed by atoms with van der Waals surface area (Å²) in [5, 5.41) is 0. The Hall–Kier alpha value is -2.35. The van der Waals surface area contributed by atoms with Gasteiger partial charge in [0, 0.05) is 11.5 Å². The number of rotatable bonds is 10. The van der Waals surface area contributed by atoms with Gasteiger partial charge in [0.1, 0.15) is 5.60 Å². The lowest BCUT2D eigenvalue weighted by atomic mass is 9.75. The highest BCUT2D eigenvalue weighted by Gasteiger charge is 2.27. The van der Waals surface area contributed by atoms with E-state index >= 15 is 0 Å². The molecule has 0 atom stereocenters. The van der Waals surface area contributed by atoms with Gasteiger partial charge >= 0.3 is 5.97 Å². The molecule has 0 aliphatic carbocycles. The molecule has 0 unspecified atom stereocenters. The molecule has 0 bridgehead atoms. The number of carbonyl (C=O) groups is 1. The van der Waals surface area contributed by atoms with Crippen molar-refractivity contribution in [3.05, 3.63) is 83.4 Å². The van der Waals surface area contributed by atoms with E-state index in [1.165, 1.54) is 28.3 Å². The number of carbonyl (C=O) groups excluding carboxylic acids is 1. The number of ether oxygens (including phenoxy) is 1. The van der Waals surface area contributed by atoms with Crippen molar-refractivity contribution in [3.63, 3.8) is 0 Å². The van der Waals surface area contributed by atoms with E-state index in [4.69, 9.17) is 4.74 Å². The number of hydrogen-bond acceptors (Lipinski definition) is 2. The zero-order valence-corrected chi connectivity index (χ0v) is 21.4. The normalized spacial score (nSPS) is 12.7. The summed E-state index contributed by atoms with van der Waals surface area (Å²) in [6.07, 6.45) is 4.07. The molecule has 2 aromatic carbocycles. The largest absolute Gasteiger partial charge is 0.457 e. The lowest BCUT2D eigenvalue weighted by molar-refractivity contribution is -0.150. The molecule has 0 radical (unpaired) electrons. The van der Waals surface area contributed by atoms with Gasteiger partial charge < -0.3 is 4.74 Å². The Morgan fingerprint density at radius 2 is 1.31 bits per heavy atom. The van der Waals surface area contributed by atoms with Crippen molar-refractivity contribution in [1.29, 1.82) is 0 Å². The summed E-state index contributed by atoms with van der Waals surface area (Å²) in [6.45, 7) is 21.1. The minimum atomic E-state index is -0.472. The molecule has 0 N–H and O–H groups in total. The summed E-state index contributed by atoms with van der Waals surface area (Å²) in [6, 6.07) is 18.2. The first-order valence-electron chi connectivity index (χ1n) is 11.9. The van der Waals surface area contributed by atoms with Gasteiger partial charge in [0.25, 0.3) is 0 Å². The van der Waals surface area contributed by atoms with Crippen LogP contribution in [0.2, 0.25) is 0 Å². The first kappa shape index (κ1) is 25.9. The molecule has 0 fully saturated rings. The summed E-state index contributed by atoms with van der Waals surface area (Å²) in [5.74, 6) is 0.194. The third-order valence-corrected chi connectivity index (χ3v) is 6.81. The van der Waals surface area contributed by atoms with Crippen LogP contribution >= 0.6 is 0 Å². The standard InChI is InChI=1S/C30H42O2/c1-10-27(31)32-29(6,7)21-11-20-28(4,5)24-16-18-26(19-17-24)30(8,9)25-14-12-23(13-15-25)22(2)3/h10,12-19,22H,1,11,20-21H2,2-9H3. The van der Waals surface area contributed by atoms with E-state index in [0.717, 1.165) is 19.3 Å². The lowest BCUT2D eigenvalue weighted by Gasteiger charge is -2.30. The Kier molecular flexibility index (Phi) is 8.15. The maximum absolute atomic E-state index is 11.5. The molecule has 0 amide bonds. The highest BCUT2D eigenvalue weighted by Crippen LogP contribution is 2.35. The van der Waals surface area contributed by atoms with E-state index in [1.54, 1.807) is 0 Å². The average molecular weight is 435 g/mol. The summed E-state index contributed by atoms with van der Waals surface area (Å²) in [4.78, 5) is 11.5. The highest BCUT2D eigenvalue weighted by molar-refractivity contribution is 5.81. The molecular formula is C30H42O2. The van der Waals surface area contributed by atoms with Crippen LogP contribution in [0.4, 0.5) is 0 Å². The minimum Gasteiger partial charge on any atom is -0.457 e. The summed E-state index contributed by atoms with van der Waals surface area (Å²) in [5.41, 5.74) is 4.92. The van der Waals surface area contributed by atoms with E-state index in [0.29, 0.717) is 5.92 Å². The Labute approximate surface area is 196 Å². The fraction of sp³-hybridized carbons (Fsp3) is 0.500. The first-order chi connectivity index (χ1) is 14.8. The average Bonchev–Trinajstić information content (AvgIpc) is 2.73. The van der Waals surface area contributed by atoms with Crippen molar-refractivity contribution in [3.8, 4) is 0 Å². The topological polar surface area (TPSA) is 26.3 Å². The van der Waals surface area contributed by atoms with Crippen molar-refractivity contribution >= 4 is 5.97 Å². The molecule has 2 nitrogen and oxygen atoms in total. The van der Waals surface area contributed by atoms with E-state index in [-0.39, 0.29) is 16.8 Å². The Morgan fingerprint density at radius 1 is 0.844 bits per heavy atom. The Bertz CT molecular complexity index is 897. The van der Waals surface area contributed by atoms with E-state index in [2.05, 4.69) is 96.7 Å². The monoisotopic (exact) mass is 434 g/mol. The minimum absolute atomic E-state index is 0.0444. The SMILES string of the molecule is C=CC(=O)OC(C)(C)CCCC(C)(C)c1ccc(C(C)(C)c2ccc(C(C)C)cc2)cc1. The summed E-state index contributed by atoms with van der Waals surface area (Å²) in [7, 11) is 0. The van der Waals surface area contributed by atoms with Gasteiger partial charge in [0.05, 0.1) is 0 Å². The van der Waals surface area contributed by atoms with Gasteiger partial charge in [-0.2, -0.15) is 0 Å². The van der Waals surface area contributed by atoms with E-state index in [1.807, 2.05) is 13.8 Å². The molecule has 0 aromatic heterocycles. The fourth-order valence-electron chi connectivity index (χ4n) is 4.25. The van der Waals surface area contributed by atoms with Crippen molar-refractivity contribution in [1.82, 2.24) is 0 Å². The molecular weight excluding hydrogens is 392 g/mol. The van der Waals surface area contributed by atoms with E-state index < -0.39 is 5.60 Å². The highest BCUT2D eigenvalue weighted by atomic mass is 16.6. The fourth-order valence-corrected chi connectivity index (χ4v) is 4.25. The number of esters is 1. The van der Waals surface area contributed by atoms with Crippen molar-refractivity contribution in [2.75, 3.05) is 0 Å². The van der Waals surface area contributed by atoms with Crippen LogP contribution in [0.15, 0.2) is 61.2 Å². The van der Waals surface area contributed by atoms with Crippen LogP contribution < -0.4 is 0 Å².